The second kappa shape index (κ2) is 16.2. The number of fused-ring (bicyclic) bond motifs is 3. The van der Waals surface area contributed by atoms with Gasteiger partial charge in [-0.05, 0) is 79.9 Å². The standard InChI is InChI=1S/C42H58N4O9S2/c1-5-28-22-42(28,38(50)44-57(52,53)30-15-16-30)43-36(48)33-21-29-24-46(33)37(49)32(40(2,3)4)12-6-7-14-35(47)54-26-41(18-19-41)17-8-9-20-56-34-13-10-11-27-23-45(25-31(27)34)39(51)55-29/h8-11,13,28-30,32-33H,5-7,12,14-26H2,1-4H3,(H,43,48)(H,44,50). The molecule has 3 saturated carbocycles. The Labute approximate surface area is 340 Å². The Balaban J connectivity index is 1.12. The van der Waals surface area contributed by atoms with Gasteiger partial charge in [0.1, 0.15) is 17.7 Å². The molecule has 4 bridgehead atoms. The zero-order valence-corrected chi connectivity index (χ0v) is 35.3. The number of thioether (sulfide) groups is 1. The maximum atomic E-state index is 14.7. The lowest BCUT2D eigenvalue weighted by Gasteiger charge is -2.35. The maximum Gasteiger partial charge on any atom is 0.410 e. The van der Waals surface area contributed by atoms with Crippen molar-refractivity contribution in [2.24, 2.45) is 22.7 Å². The number of hydrogen-bond donors (Lipinski definition) is 2. The van der Waals surface area contributed by atoms with Crippen molar-refractivity contribution in [1.82, 2.24) is 19.8 Å². The van der Waals surface area contributed by atoms with Gasteiger partial charge in [0.15, 0.2) is 0 Å². The molecule has 5 atom stereocenters. The first-order valence-corrected chi connectivity index (χ1v) is 23.3. The van der Waals surface area contributed by atoms with Crippen molar-refractivity contribution < 1.29 is 41.9 Å². The molecule has 3 aliphatic carbocycles. The minimum Gasteiger partial charge on any atom is -0.465 e. The molecular weight excluding hydrogens is 769 g/mol. The number of nitrogens with zero attached hydrogens (tertiary/aromatic N) is 2. The van der Waals surface area contributed by atoms with Crippen molar-refractivity contribution in [2.45, 2.75) is 146 Å². The quantitative estimate of drug-likeness (QED) is 0.272. The van der Waals surface area contributed by atoms with Crippen LogP contribution in [0.3, 0.4) is 0 Å². The van der Waals surface area contributed by atoms with Crippen molar-refractivity contribution in [2.75, 3.05) is 18.9 Å². The molecule has 57 heavy (non-hydrogen) atoms. The minimum absolute atomic E-state index is 0.00826. The SMILES string of the molecule is CCC1CC1(NC(=O)C1CC2CN1C(=O)C(C(C)(C)C)CCCCC(=O)OCC1(CC=CCSc3cccc4c3CN(C4)C(=O)O2)CC1)C(=O)NS(=O)(=O)C1CC1. The first kappa shape index (κ1) is 41.6. The molecule has 13 nitrogen and oxygen atoms in total. The molecule has 6 aliphatic rings. The van der Waals surface area contributed by atoms with E-state index in [4.69, 9.17) is 9.47 Å². The normalized spacial score (nSPS) is 29.6. The van der Waals surface area contributed by atoms with E-state index >= 15 is 0 Å². The van der Waals surface area contributed by atoms with E-state index in [0.29, 0.717) is 58.2 Å². The van der Waals surface area contributed by atoms with Crippen LogP contribution < -0.4 is 10.0 Å². The summed E-state index contributed by atoms with van der Waals surface area (Å²) in [5.41, 5.74) is 0.197. The highest BCUT2D eigenvalue weighted by Gasteiger charge is 2.62. The Bertz CT molecular complexity index is 1900. The Hall–Kier alpha value is -3.59. The molecule has 2 N–H and O–H groups in total. The van der Waals surface area contributed by atoms with Gasteiger partial charge in [-0.15, -0.1) is 11.8 Å². The summed E-state index contributed by atoms with van der Waals surface area (Å²) >= 11 is 1.71. The number of esters is 1. The molecule has 1 spiro atoms. The van der Waals surface area contributed by atoms with E-state index in [0.717, 1.165) is 41.0 Å². The molecule has 1 aromatic carbocycles. The first-order chi connectivity index (χ1) is 27.0. The molecule has 3 aliphatic heterocycles. The highest BCUT2D eigenvalue weighted by Crippen LogP contribution is 2.50. The number of allylic oxidation sites excluding steroid dienone is 1. The zero-order chi connectivity index (χ0) is 40.8. The predicted molar refractivity (Wildman–Crippen MR) is 214 cm³/mol. The van der Waals surface area contributed by atoms with Gasteiger partial charge in [-0.3, -0.25) is 28.8 Å². The van der Waals surface area contributed by atoms with Gasteiger partial charge in [-0.25, -0.2) is 13.2 Å². The number of carbonyl (C=O) groups excluding carboxylic acids is 5. The molecule has 312 valence electrons. The lowest BCUT2D eigenvalue weighted by Crippen LogP contribution is -2.57. The third kappa shape index (κ3) is 9.34. The molecular formula is C42H58N4O9S2. The molecule has 3 heterocycles. The van der Waals surface area contributed by atoms with Crippen molar-refractivity contribution in [3.05, 3.63) is 41.5 Å². The second-order valence-electron chi connectivity index (χ2n) is 18.3. The number of cyclic esters (lactones) is 1. The monoisotopic (exact) mass is 826 g/mol. The van der Waals surface area contributed by atoms with E-state index < -0.39 is 62.2 Å². The average molecular weight is 827 g/mol. The summed E-state index contributed by atoms with van der Waals surface area (Å²) < 4.78 is 39.6. The minimum atomic E-state index is -3.86. The summed E-state index contributed by atoms with van der Waals surface area (Å²) in [6.07, 6.45) is 9.59. The lowest BCUT2D eigenvalue weighted by atomic mass is 9.76. The van der Waals surface area contributed by atoms with Gasteiger partial charge in [0.25, 0.3) is 5.91 Å². The van der Waals surface area contributed by atoms with E-state index in [1.807, 2.05) is 39.8 Å². The van der Waals surface area contributed by atoms with Crippen LogP contribution in [0.1, 0.15) is 116 Å². The van der Waals surface area contributed by atoms with E-state index in [9.17, 15) is 32.4 Å². The third-order valence-corrected chi connectivity index (χ3v) is 15.7. The number of nitrogens with one attached hydrogen (secondary N) is 2. The highest BCUT2D eigenvalue weighted by atomic mass is 32.2. The zero-order valence-electron chi connectivity index (χ0n) is 33.7. The second-order valence-corrected chi connectivity index (χ2v) is 21.3. The summed E-state index contributed by atoms with van der Waals surface area (Å²) in [7, 11) is -3.86. The van der Waals surface area contributed by atoms with Gasteiger partial charge < -0.3 is 19.7 Å². The van der Waals surface area contributed by atoms with Crippen LogP contribution >= 0.6 is 11.8 Å². The van der Waals surface area contributed by atoms with Gasteiger partial charge in [0, 0.05) is 41.4 Å². The number of carbonyl (C=O) groups is 5. The van der Waals surface area contributed by atoms with Gasteiger partial charge >= 0.3 is 12.1 Å². The summed E-state index contributed by atoms with van der Waals surface area (Å²) in [4.78, 5) is 73.4. The molecule has 0 aromatic heterocycles. The number of amides is 4. The fourth-order valence-electron chi connectivity index (χ4n) is 8.72. The van der Waals surface area contributed by atoms with Crippen LogP contribution in [0.2, 0.25) is 0 Å². The number of rotatable bonds is 6. The van der Waals surface area contributed by atoms with Crippen LogP contribution in [-0.4, -0.2) is 89.8 Å². The van der Waals surface area contributed by atoms with Crippen LogP contribution in [0.5, 0.6) is 0 Å². The Morgan fingerprint density at radius 1 is 1.04 bits per heavy atom. The smallest absolute Gasteiger partial charge is 0.410 e. The van der Waals surface area contributed by atoms with Crippen molar-refractivity contribution in [1.29, 1.82) is 0 Å². The van der Waals surface area contributed by atoms with Crippen LogP contribution in [0.4, 0.5) is 4.79 Å². The number of benzene rings is 1. The number of ether oxygens (including phenoxy) is 2. The fourth-order valence-corrected chi connectivity index (χ4v) is 11.0. The molecule has 15 heteroatoms. The summed E-state index contributed by atoms with van der Waals surface area (Å²) in [5, 5.41) is 2.29. The van der Waals surface area contributed by atoms with Gasteiger partial charge in [-0.1, -0.05) is 64.8 Å². The molecule has 1 aromatic rings. The lowest BCUT2D eigenvalue weighted by molar-refractivity contribution is -0.146. The Morgan fingerprint density at radius 3 is 2.49 bits per heavy atom. The summed E-state index contributed by atoms with van der Waals surface area (Å²) in [5.74, 6) is -1.88. The van der Waals surface area contributed by atoms with Gasteiger partial charge in [-0.2, -0.15) is 0 Å². The van der Waals surface area contributed by atoms with E-state index in [-0.39, 0.29) is 49.0 Å². The first-order valence-electron chi connectivity index (χ1n) is 20.7. The van der Waals surface area contributed by atoms with E-state index in [2.05, 4.69) is 28.3 Å². The van der Waals surface area contributed by atoms with Crippen molar-refractivity contribution in [3.8, 4) is 0 Å². The molecule has 4 fully saturated rings. The number of sulfonamides is 1. The van der Waals surface area contributed by atoms with Gasteiger partial charge in [0.2, 0.25) is 21.8 Å². The fraction of sp³-hybridized carbons (Fsp3) is 0.690. The predicted octanol–water partition coefficient (Wildman–Crippen LogP) is 5.60. The summed E-state index contributed by atoms with van der Waals surface area (Å²) in [6, 6.07) is 5.01. The number of hydrogen-bond acceptors (Lipinski definition) is 10. The topological polar surface area (TPSA) is 168 Å². The molecule has 5 unspecified atom stereocenters. The van der Waals surface area contributed by atoms with E-state index in [1.54, 1.807) is 16.7 Å². The maximum absolute atomic E-state index is 14.7. The molecule has 4 amide bonds. The summed E-state index contributed by atoms with van der Waals surface area (Å²) in [6.45, 7) is 8.94. The van der Waals surface area contributed by atoms with Crippen LogP contribution in [0.25, 0.3) is 0 Å². The third-order valence-electron chi connectivity index (χ3n) is 12.9. The van der Waals surface area contributed by atoms with Crippen molar-refractivity contribution >= 4 is 51.6 Å². The molecule has 1 saturated heterocycles. The largest absolute Gasteiger partial charge is 0.465 e. The van der Waals surface area contributed by atoms with Crippen LogP contribution in [-0.2, 0) is 51.8 Å². The Morgan fingerprint density at radius 2 is 1.81 bits per heavy atom. The van der Waals surface area contributed by atoms with Crippen LogP contribution in [0.15, 0.2) is 35.2 Å². The van der Waals surface area contributed by atoms with Crippen molar-refractivity contribution in [3.63, 3.8) is 0 Å². The van der Waals surface area contributed by atoms with Gasteiger partial charge in [0.05, 0.1) is 24.9 Å². The average Bonchev–Trinajstić information content (AvgIpc) is 4.11. The molecule has 0 radical (unpaired) electrons. The molecule has 7 rings (SSSR count). The van der Waals surface area contributed by atoms with Crippen LogP contribution in [0, 0.1) is 22.7 Å². The van der Waals surface area contributed by atoms with E-state index in [1.165, 1.54) is 4.90 Å². The Kier molecular flexibility index (Phi) is 11.8. The highest BCUT2D eigenvalue weighted by molar-refractivity contribution is 7.99.